The van der Waals surface area contributed by atoms with Crippen molar-refractivity contribution in [1.29, 1.82) is 0 Å². The Morgan fingerprint density at radius 2 is 1.87 bits per heavy atom. The third-order valence-corrected chi connectivity index (χ3v) is 7.81. The van der Waals surface area contributed by atoms with Crippen LogP contribution in [0, 0.1) is 18.7 Å². The van der Waals surface area contributed by atoms with Crippen molar-refractivity contribution in [3.63, 3.8) is 0 Å². The van der Waals surface area contributed by atoms with Crippen LogP contribution in [0.2, 0.25) is 0 Å². The van der Waals surface area contributed by atoms with Crippen molar-refractivity contribution in [2.75, 3.05) is 7.11 Å². The van der Waals surface area contributed by atoms with Crippen LogP contribution < -0.4 is 16.0 Å². The summed E-state index contributed by atoms with van der Waals surface area (Å²) in [7, 11) is 1.39. The van der Waals surface area contributed by atoms with Gasteiger partial charge in [-0.25, -0.2) is 13.8 Å². The van der Waals surface area contributed by atoms with Gasteiger partial charge in [-0.2, -0.15) is 10.2 Å². The van der Waals surface area contributed by atoms with Crippen molar-refractivity contribution in [2.24, 2.45) is 5.92 Å². The monoisotopic (exact) mass is 543 g/mol. The molecule has 1 N–H and O–H groups in total. The predicted octanol–water partition coefficient (Wildman–Crippen LogP) is 3.35. The summed E-state index contributed by atoms with van der Waals surface area (Å²) in [5.41, 5.74) is -2.18. The van der Waals surface area contributed by atoms with Crippen molar-refractivity contribution >= 4 is 27.3 Å². The molecule has 12 heteroatoms. The number of ketones is 1. The second kappa shape index (κ2) is 10.3. The molecule has 3 heterocycles. The Hall–Kier alpha value is -3.64. The number of aliphatic hydroxyl groups excluding tert-OH is 1. The topological polar surface area (TPSA) is 121 Å². The molecule has 10 nitrogen and oxygen atoms in total. The summed E-state index contributed by atoms with van der Waals surface area (Å²) in [6, 6.07) is 3.72. The Balaban J connectivity index is 2.01. The van der Waals surface area contributed by atoms with Gasteiger partial charge in [0.2, 0.25) is 0 Å². The van der Waals surface area contributed by atoms with Crippen LogP contribution in [-0.4, -0.2) is 42.1 Å². The lowest BCUT2D eigenvalue weighted by Crippen LogP contribution is -2.53. The maximum absolute atomic E-state index is 14.1. The minimum absolute atomic E-state index is 0.0195. The summed E-state index contributed by atoms with van der Waals surface area (Å²) in [6.45, 7) is 8.24. The van der Waals surface area contributed by atoms with Gasteiger partial charge in [-0.05, 0) is 44.9 Å². The van der Waals surface area contributed by atoms with E-state index in [4.69, 9.17) is 4.74 Å². The van der Waals surface area contributed by atoms with E-state index in [1.165, 1.54) is 41.0 Å². The Morgan fingerprint density at radius 3 is 2.47 bits per heavy atom. The summed E-state index contributed by atoms with van der Waals surface area (Å²) < 4.78 is 21.5. The number of hydrogen-bond donors (Lipinski definition) is 1. The largest absolute Gasteiger partial charge is 0.496 e. The number of benzene rings is 1. The molecular weight excluding hydrogens is 513 g/mol. The molecule has 0 radical (unpaired) electrons. The van der Waals surface area contributed by atoms with Crippen LogP contribution in [0.5, 0.6) is 5.75 Å². The average molecular weight is 544 g/mol. The van der Waals surface area contributed by atoms with Crippen LogP contribution in [0.25, 0.3) is 15.2 Å². The van der Waals surface area contributed by atoms with Gasteiger partial charge in [0, 0.05) is 17.5 Å². The quantitative estimate of drug-likeness (QED) is 0.344. The highest BCUT2D eigenvalue weighted by Crippen LogP contribution is 2.33. The molecule has 0 spiro atoms. The first-order chi connectivity index (χ1) is 17.9. The van der Waals surface area contributed by atoms with E-state index in [2.05, 4.69) is 10.2 Å². The van der Waals surface area contributed by atoms with Crippen LogP contribution in [0.4, 0.5) is 4.39 Å². The number of Topliss-reactive ketones (excluding diaryl/α,β-unsaturated/α-hetero) is 1. The summed E-state index contributed by atoms with van der Waals surface area (Å²) in [5, 5.41) is 20.2. The lowest BCUT2D eigenvalue weighted by Gasteiger charge is -2.27. The smallest absolute Gasteiger partial charge is 0.333 e. The summed E-state index contributed by atoms with van der Waals surface area (Å²) >= 11 is 1.11. The van der Waals surface area contributed by atoms with Gasteiger partial charge in [-0.1, -0.05) is 25.2 Å². The number of carbonyl (C=O) groups excluding carboxylic acids is 1. The van der Waals surface area contributed by atoms with Crippen LogP contribution >= 0.6 is 11.3 Å². The predicted molar refractivity (Wildman–Crippen MR) is 142 cm³/mol. The fourth-order valence-electron chi connectivity index (χ4n) is 4.48. The zero-order valence-electron chi connectivity index (χ0n) is 22.1. The molecular formula is C26H30FN5O5S. The number of thiophene rings is 1. The molecule has 0 saturated heterocycles. The van der Waals surface area contributed by atoms with Crippen LogP contribution in [0.3, 0.4) is 0 Å². The Labute approximate surface area is 221 Å². The molecule has 202 valence electrons. The SMILES string of the molecule is COc1ccc(F)cc1[C@@H](O)Cn1c(=O)n(C(C)(C)C(=O)CC(C)C)c(=O)c2c(C)c(-n3nccn3)sc21. The lowest BCUT2D eigenvalue weighted by atomic mass is 9.91. The van der Waals surface area contributed by atoms with Crippen molar-refractivity contribution in [3.8, 4) is 10.8 Å². The van der Waals surface area contributed by atoms with E-state index in [9.17, 15) is 23.9 Å². The maximum atomic E-state index is 14.1. The minimum atomic E-state index is -1.46. The highest BCUT2D eigenvalue weighted by molar-refractivity contribution is 7.21. The number of aryl methyl sites for hydroxylation is 1. The fourth-order valence-corrected chi connectivity index (χ4v) is 5.70. The normalized spacial score (nSPS) is 12.9. The first kappa shape index (κ1) is 27.4. The molecule has 0 fully saturated rings. The number of hydrogen-bond acceptors (Lipinski definition) is 8. The molecule has 0 saturated carbocycles. The molecule has 1 atom stereocenters. The third-order valence-electron chi connectivity index (χ3n) is 6.53. The van der Waals surface area contributed by atoms with Gasteiger partial charge in [0.05, 0.1) is 31.4 Å². The van der Waals surface area contributed by atoms with Gasteiger partial charge in [-0.15, -0.1) is 4.80 Å². The van der Waals surface area contributed by atoms with E-state index in [0.29, 0.717) is 10.6 Å². The van der Waals surface area contributed by atoms with E-state index in [-0.39, 0.29) is 46.2 Å². The Kier molecular flexibility index (Phi) is 7.39. The molecule has 4 aromatic rings. The number of rotatable bonds is 9. The average Bonchev–Trinajstić information content (AvgIpc) is 3.49. The number of fused-ring (bicyclic) bond motifs is 1. The van der Waals surface area contributed by atoms with Gasteiger partial charge in [0.15, 0.2) is 5.78 Å². The summed E-state index contributed by atoms with van der Waals surface area (Å²) in [5.74, 6) is -0.590. The van der Waals surface area contributed by atoms with E-state index >= 15 is 0 Å². The van der Waals surface area contributed by atoms with E-state index in [1.807, 2.05) is 13.8 Å². The first-order valence-corrected chi connectivity index (χ1v) is 12.9. The van der Waals surface area contributed by atoms with Crippen molar-refractivity contribution in [1.82, 2.24) is 24.1 Å². The molecule has 0 unspecified atom stereocenters. The summed E-state index contributed by atoms with van der Waals surface area (Å²) in [4.78, 5) is 42.7. The van der Waals surface area contributed by atoms with Crippen LogP contribution in [-0.2, 0) is 16.9 Å². The van der Waals surface area contributed by atoms with E-state index in [0.717, 1.165) is 22.0 Å². The highest BCUT2D eigenvalue weighted by Gasteiger charge is 2.35. The Morgan fingerprint density at radius 1 is 1.21 bits per heavy atom. The molecule has 0 amide bonds. The molecule has 0 aliphatic carbocycles. The molecule has 3 aromatic heterocycles. The number of ether oxygens (including phenoxy) is 1. The van der Waals surface area contributed by atoms with Crippen molar-refractivity contribution < 1.29 is 19.0 Å². The number of methoxy groups -OCH3 is 1. The number of halogens is 1. The molecule has 0 aliphatic rings. The molecule has 1 aromatic carbocycles. The van der Waals surface area contributed by atoms with Crippen molar-refractivity contribution in [3.05, 3.63) is 68.4 Å². The molecule has 4 rings (SSSR count). The number of aromatic nitrogens is 5. The fraction of sp³-hybridized carbons (Fsp3) is 0.423. The van der Waals surface area contributed by atoms with Gasteiger partial charge in [0.25, 0.3) is 5.56 Å². The minimum Gasteiger partial charge on any atom is -0.496 e. The first-order valence-electron chi connectivity index (χ1n) is 12.1. The van der Waals surface area contributed by atoms with Gasteiger partial charge in [-0.3, -0.25) is 14.2 Å². The van der Waals surface area contributed by atoms with Crippen LogP contribution in [0.1, 0.15) is 51.3 Å². The molecule has 0 aliphatic heterocycles. The third kappa shape index (κ3) is 4.69. The summed E-state index contributed by atoms with van der Waals surface area (Å²) in [6.07, 6.45) is 1.78. The number of aliphatic hydroxyl groups is 1. The second-order valence-corrected chi connectivity index (χ2v) is 11.0. The van der Waals surface area contributed by atoms with E-state index < -0.39 is 28.7 Å². The highest BCUT2D eigenvalue weighted by atomic mass is 32.1. The molecule has 38 heavy (non-hydrogen) atoms. The van der Waals surface area contributed by atoms with Gasteiger partial charge >= 0.3 is 5.69 Å². The zero-order valence-corrected chi connectivity index (χ0v) is 22.9. The zero-order chi connectivity index (χ0) is 27.9. The second-order valence-electron chi connectivity index (χ2n) is 10.0. The van der Waals surface area contributed by atoms with Crippen LogP contribution in [0.15, 0.2) is 40.2 Å². The number of nitrogens with zero attached hydrogens (tertiary/aromatic N) is 5. The standard InChI is InChI=1S/C26H30FN5O5S/c1-14(2)11-20(34)26(4,5)31-22(35)21-15(3)23(32-28-9-10-29-32)38-24(21)30(25(31)36)13-18(33)17-12-16(27)7-8-19(17)37-6/h7-10,12,14,18,33H,11,13H2,1-6H3/t18-/m0/s1. The van der Waals surface area contributed by atoms with Gasteiger partial charge in [0.1, 0.15) is 33.0 Å². The maximum Gasteiger partial charge on any atom is 0.333 e. The number of carbonyl (C=O) groups is 1. The van der Waals surface area contributed by atoms with Gasteiger partial charge < -0.3 is 9.84 Å². The molecule has 0 bridgehead atoms. The Bertz CT molecular complexity index is 1620. The van der Waals surface area contributed by atoms with E-state index in [1.54, 1.807) is 20.8 Å². The van der Waals surface area contributed by atoms with Crippen molar-refractivity contribution in [2.45, 2.75) is 59.2 Å². The lowest BCUT2D eigenvalue weighted by molar-refractivity contribution is -0.127.